The van der Waals surface area contributed by atoms with E-state index in [0.29, 0.717) is 5.41 Å². The van der Waals surface area contributed by atoms with Crippen LogP contribution in [0.3, 0.4) is 0 Å². The van der Waals surface area contributed by atoms with E-state index in [-0.39, 0.29) is 0 Å². The molecule has 1 aromatic carbocycles. The van der Waals surface area contributed by atoms with Gasteiger partial charge in [-0.3, -0.25) is 10.0 Å². The van der Waals surface area contributed by atoms with Crippen LogP contribution >= 0.6 is 0 Å². The van der Waals surface area contributed by atoms with Crippen molar-refractivity contribution in [2.24, 2.45) is 23.2 Å². The van der Waals surface area contributed by atoms with E-state index in [9.17, 15) is 4.79 Å². The van der Waals surface area contributed by atoms with Gasteiger partial charge >= 0.3 is 0 Å². The minimum Gasteiger partial charge on any atom is -0.302 e. The molecule has 1 amide bonds. The second-order valence-corrected chi connectivity index (χ2v) is 9.14. The van der Waals surface area contributed by atoms with Crippen molar-refractivity contribution in [2.75, 3.05) is 13.6 Å². The third-order valence-electron chi connectivity index (χ3n) is 6.74. The minimum absolute atomic E-state index is 0.510. The molecule has 4 aliphatic rings. The Balaban J connectivity index is 1.34. The van der Waals surface area contributed by atoms with Crippen LogP contribution in [0.2, 0.25) is 0 Å². The number of carbonyl (C=O) groups is 1. The summed E-state index contributed by atoms with van der Waals surface area (Å²) >= 11 is 0. The van der Waals surface area contributed by atoms with Gasteiger partial charge in [-0.05, 0) is 85.9 Å². The number of rotatable bonds is 6. The Bertz CT molecular complexity index is 645. The van der Waals surface area contributed by atoms with Crippen LogP contribution in [0.4, 0.5) is 0 Å². The van der Waals surface area contributed by atoms with Gasteiger partial charge in [-0.2, -0.15) is 0 Å². The van der Waals surface area contributed by atoms with E-state index in [4.69, 9.17) is 5.21 Å². The van der Waals surface area contributed by atoms with Gasteiger partial charge < -0.3 is 4.90 Å². The zero-order valence-electron chi connectivity index (χ0n) is 15.7. The minimum atomic E-state index is -0.510. The average molecular weight is 354 g/mol. The van der Waals surface area contributed by atoms with Crippen LogP contribution in [-0.2, 0) is 11.3 Å². The Morgan fingerprint density at radius 3 is 2.27 bits per heavy atom. The SMILES string of the molecule is CN(Cc1ccc(/C=C/C(=O)NO)cc1)C[C@]12CC3C[C@H](C[C@@H](C3)C1)C2. The molecule has 1 aromatic rings. The molecule has 0 aliphatic heterocycles. The van der Waals surface area contributed by atoms with Gasteiger partial charge in [0.25, 0.3) is 5.91 Å². The molecule has 0 saturated heterocycles. The van der Waals surface area contributed by atoms with E-state index in [2.05, 4.69) is 24.1 Å². The molecule has 4 heteroatoms. The second-order valence-electron chi connectivity index (χ2n) is 9.14. The number of nitrogens with zero attached hydrogens (tertiary/aromatic N) is 1. The van der Waals surface area contributed by atoms with Crippen LogP contribution in [0.1, 0.15) is 49.7 Å². The first-order valence-corrected chi connectivity index (χ1v) is 9.93. The third kappa shape index (κ3) is 3.86. The number of nitrogens with one attached hydrogen (secondary N) is 1. The summed E-state index contributed by atoms with van der Waals surface area (Å²) < 4.78 is 0. The fourth-order valence-electron chi connectivity index (χ4n) is 6.37. The van der Waals surface area contributed by atoms with Crippen molar-refractivity contribution in [1.29, 1.82) is 0 Å². The fourth-order valence-corrected chi connectivity index (χ4v) is 6.37. The molecule has 0 heterocycles. The Morgan fingerprint density at radius 2 is 1.73 bits per heavy atom. The van der Waals surface area contributed by atoms with E-state index < -0.39 is 5.91 Å². The van der Waals surface area contributed by atoms with Gasteiger partial charge in [0.2, 0.25) is 0 Å². The first-order chi connectivity index (χ1) is 12.5. The molecule has 0 unspecified atom stereocenters. The lowest BCUT2D eigenvalue weighted by Gasteiger charge is -2.57. The summed E-state index contributed by atoms with van der Waals surface area (Å²) in [5.74, 6) is 2.52. The molecule has 0 radical (unpaired) electrons. The van der Waals surface area contributed by atoms with Crippen molar-refractivity contribution < 1.29 is 10.0 Å². The quantitative estimate of drug-likeness (QED) is 0.463. The van der Waals surface area contributed by atoms with Gasteiger partial charge in [0, 0.05) is 19.2 Å². The highest BCUT2D eigenvalue weighted by molar-refractivity contribution is 5.90. The van der Waals surface area contributed by atoms with Crippen molar-refractivity contribution >= 4 is 12.0 Å². The van der Waals surface area contributed by atoms with Crippen molar-refractivity contribution in [3.05, 3.63) is 41.5 Å². The number of hydrogen-bond acceptors (Lipinski definition) is 3. The Morgan fingerprint density at radius 1 is 1.15 bits per heavy atom. The number of benzene rings is 1. The molecule has 4 aliphatic carbocycles. The molecule has 0 atom stereocenters. The highest BCUT2D eigenvalue weighted by Crippen LogP contribution is 2.60. The van der Waals surface area contributed by atoms with Gasteiger partial charge in [0.1, 0.15) is 0 Å². The molecule has 4 saturated carbocycles. The van der Waals surface area contributed by atoms with Gasteiger partial charge in [-0.15, -0.1) is 0 Å². The summed E-state index contributed by atoms with van der Waals surface area (Å²) in [5, 5.41) is 8.52. The number of amides is 1. The van der Waals surface area contributed by atoms with Crippen LogP contribution in [0.15, 0.2) is 30.3 Å². The number of hydrogen-bond donors (Lipinski definition) is 2. The summed E-state index contributed by atoms with van der Waals surface area (Å²) in [4.78, 5) is 13.6. The van der Waals surface area contributed by atoms with Crippen molar-refractivity contribution in [2.45, 2.75) is 45.1 Å². The lowest BCUT2D eigenvalue weighted by molar-refractivity contribution is -0.124. The Labute approximate surface area is 156 Å². The summed E-state index contributed by atoms with van der Waals surface area (Å²) in [6.07, 6.45) is 11.9. The molecule has 140 valence electrons. The topological polar surface area (TPSA) is 52.6 Å². The first kappa shape index (κ1) is 17.7. The highest BCUT2D eigenvalue weighted by Gasteiger charge is 2.50. The average Bonchev–Trinajstić information content (AvgIpc) is 2.59. The Kier molecular flexibility index (Phi) is 4.89. The largest absolute Gasteiger partial charge is 0.302 e. The maximum absolute atomic E-state index is 11.0. The van der Waals surface area contributed by atoms with Crippen molar-refractivity contribution in [3.63, 3.8) is 0 Å². The molecule has 4 fully saturated rings. The summed E-state index contributed by atoms with van der Waals surface area (Å²) in [6.45, 7) is 2.21. The van der Waals surface area contributed by atoms with Crippen LogP contribution in [0, 0.1) is 23.2 Å². The van der Waals surface area contributed by atoms with E-state index >= 15 is 0 Å². The maximum atomic E-state index is 11.0. The molecule has 2 N–H and O–H groups in total. The Hall–Kier alpha value is -1.65. The predicted molar refractivity (Wildman–Crippen MR) is 102 cm³/mol. The molecule has 0 spiro atoms. The number of hydroxylamine groups is 1. The summed E-state index contributed by atoms with van der Waals surface area (Å²) in [6, 6.07) is 8.31. The van der Waals surface area contributed by atoms with Gasteiger partial charge in [0.05, 0.1) is 0 Å². The molecule has 5 rings (SSSR count). The lowest BCUT2D eigenvalue weighted by Crippen LogP contribution is -2.50. The van der Waals surface area contributed by atoms with E-state index in [1.54, 1.807) is 11.6 Å². The van der Waals surface area contributed by atoms with Crippen molar-refractivity contribution in [1.82, 2.24) is 10.4 Å². The molecule has 26 heavy (non-hydrogen) atoms. The normalized spacial score (nSPS) is 32.5. The summed E-state index contributed by atoms with van der Waals surface area (Å²) in [7, 11) is 2.26. The zero-order valence-corrected chi connectivity index (χ0v) is 15.7. The van der Waals surface area contributed by atoms with Crippen LogP contribution in [0.25, 0.3) is 6.08 Å². The summed E-state index contributed by atoms with van der Waals surface area (Å²) in [5.41, 5.74) is 4.45. The fraction of sp³-hybridized carbons (Fsp3) is 0.591. The van der Waals surface area contributed by atoms with Gasteiger partial charge in [-0.1, -0.05) is 24.3 Å². The van der Waals surface area contributed by atoms with Gasteiger partial charge in [0.15, 0.2) is 0 Å². The van der Waals surface area contributed by atoms with Crippen LogP contribution in [-0.4, -0.2) is 29.6 Å². The van der Waals surface area contributed by atoms with Gasteiger partial charge in [-0.25, -0.2) is 5.48 Å². The standard InChI is InChI=1S/C22H30N2O2/c1-24(14-17-4-2-16(3-5-17)6-7-21(25)23-26)15-22-11-18-8-19(12-22)10-20(9-18)13-22/h2-7,18-20,26H,8-15H2,1H3,(H,23,25)/b7-6+/t18-,19-,20?,22-/m0/s1. The molecular formula is C22H30N2O2. The molecule has 4 nitrogen and oxygen atoms in total. The first-order valence-electron chi connectivity index (χ1n) is 9.93. The van der Waals surface area contributed by atoms with E-state index in [1.807, 2.05) is 12.1 Å². The van der Waals surface area contributed by atoms with Crippen LogP contribution < -0.4 is 5.48 Å². The molecule has 4 bridgehead atoms. The smallest absolute Gasteiger partial charge is 0.267 e. The third-order valence-corrected chi connectivity index (χ3v) is 6.74. The molecule has 0 aromatic heterocycles. The predicted octanol–water partition coefficient (Wildman–Crippen LogP) is 3.85. The number of carbonyl (C=O) groups excluding carboxylic acids is 1. The monoisotopic (exact) mass is 354 g/mol. The van der Waals surface area contributed by atoms with E-state index in [1.165, 1.54) is 56.7 Å². The maximum Gasteiger partial charge on any atom is 0.267 e. The lowest BCUT2D eigenvalue weighted by atomic mass is 9.49. The highest BCUT2D eigenvalue weighted by atomic mass is 16.5. The zero-order chi connectivity index (χ0) is 18.1. The van der Waals surface area contributed by atoms with Crippen molar-refractivity contribution in [3.8, 4) is 0 Å². The van der Waals surface area contributed by atoms with E-state index in [0.717, 1.165) is 29.9 Å². The second kappa shape index (κ2) is 7.16. The molecular weight excluding hydrogens is 324 g/mol. The van der Waals surface area contributed by atoms with Crippen LogP contribution in [0.5, 0.6) is 0 Å².